The van der Waals surface area contributed by atoms with Gasteiger partial charge in [-0.2, -0.15) is 0 Å². The van der Waals surface area contributed by atoms with Gasteiger partial charge in [0.15, 0.2) is 0 Å². The van der Waals surface area contributed by atoms with Crippen LogP contribution in [-0.4, -0.2) is 34.2 Å². The monoisotopic (exact) mass is 316 g/mol. The Balaban J connectivity index is 1.49. The Hall–Kier alpha value is -1.82. The Labute approximate surface area is 135 Å². The first kappa shape index (κ1) is 14.8. The smallest absolute Gasteiger partial charge is 0.252 e. The van der Waals surface area contributed by atoms with Crippen LogP contribution < -0.4 is 16.4 Å². The lowest BCUT2D eigenvalue weighted by Gasteiger charge is -2.32. The molecule has 0 bridgehead atoms. The molecule has 0 unspecified atom stereocenters. The topological polar surface area (TPSA) is 100 Å². The summed E-state index contributed by atoms with van der Waals surface area (Å²) in [5.74, 6) is 2.31. The molecule has 1 aromatic heterocycles. The zero-order chi connectivity index (χ0) is 16.1. The Morgan fingerprint density at radius 2 is 2.09 bits per heavy atom. The number of hydrogen-bond donors (Lipinski definition) is 4. The highest BCUT2D eigenvalue weighted by atomic mass is 16.3. The zero-order valence-electron chi connectivity index (χ0n) is 13.3. The van der Waals surface area contributed by atoms with Crippen molar-refractivity contribution in [3.8, 4) is 0 Å². The number of aromatic nitrogens is 1. The van der Waals surface area contributed by atoms with Gasteiger partial charge in [-0.1, -0.05) is 6.92 Å². The Morgan fingerprint density at radius 3 is 2.70 bits per heavy atom. The van der Waals surface area contributed by atoms with Crippen molar-refractivity contribution in [1.82, 2.24) is 4.98 Å². The van der Waals surface area contributed by atoms with Gasteiger partial charge >= 0.3 is 0 Å². The van der Waals surface area contributed by atoms with E-state index in [9.17, 15) is 9.90 Å². The van der Waals surface area contributed by atoms with Gasteiger partial charge in [0.1, 0.15) is 5.82 Å². The van der Waals surface area contributed by atoms with Gasteiger partial charge in [0, 0.05) is 24.3 Å². The Kier molecular flexibility index (Phi) is 3.44. The lowest BCUT2D eigenvalue weighted by molar-refractivity contribution is 0.0740. The molecule has 6 nitrogen and oxygen atoms in total. The van der Waals surface area contributed by atoms with Crippen LogP contribution in [0.25, 0.3) is 0 Å². The van der Waals surface area contributed by atoms with Gasteiger partial charge in [-0.25, -0.2) is 4.98 Å². The molecule has 3 aliphatic carbocycles. The molecule has 1 amide bonds. The van der Waals surface area contributed by atoms with E-state index < -0.39 is 5.91 Å². The summed E-state index contributed by atoms with van der Waals surface area (Å²) in [4.78, 5) is 16.0. The van der Waals surface area contributed by atoms with Crippen molar-refractivity contribution in [1.29, 1.82) is 0 Å². The molecule has 5 N–H and O–H groups in total. The number of primary amides is 1. The number of nitrogens with zero attached hydrogens (tertiary/aromatic N) is 1. The summed E-state index contributed by atoms with van der Waals surface area (Å²) in [6, 6.07) is 2.60. The number of aliphatic hydroxyl groups is 1. The van der Waals surface area contributed by atoms with Crippen LogP contribution >= 0.6 is 0 Å². The molecular formula is C17H24N4O2. The van der Waals surface area contributed by atoms with E-state index in [1.165, 1.54) is 6.42 Å². The first-order chi connectivity index (χ1) is 11.0. The number of pyridine rings is 1. The van der Waals surface area contributed by atoms with Crippen molar-refractivity contribution in [2.75, 3.05) is 10.6 Å². The maximum Gasteiger partial charge on any atom is 0.252 e. The standard InChI is InChI=1S/C17H24N4O2/c1-8-2-3-9(4-14(8)22)20-13-6-15(19-7-12(13)17(18)23)21-16-10-5-11(10)16/h6-11,14,16,22H,2-5H2,1H3,(H2,18,23)(H2,19,20,21)/t8-,9-,10-,11-,14-/m1/s1. The van der Waals surface area contributed by atoms with Crippen molar-refractivity contribution < 1.29 is 9.90 Å². The van der Waals surface area contributed by atoms with Gasteiger partial charge in [0.2, 0.25) is 0 Å². The number of nitrogens with one attached hydrogen (secondary N) is 2. The third-order valence-corrected chi connectivity index (χ3v) is 5.67. The van der Waals surface area contributed by atoms with E-state index in [-0.39, 0.29) is 12.1 Å². The van der Waals surface area contributed by atoms with Crippen molar-refractivity contribution in [3.63, 3.8) is 0 Å². The van der Waals surface area contributed by atoms with Crippen molar-refractivity contribution in [3.05, 3.63) is 17.8 Å². The molecule has 4 rings (SSSR count). The second kappa shape index (κ2) is 5.37. The molecule has 1 heterocycles. The molecule has 3 saturated carbocycles. The van der Waals surface area contributed by atoms with Gasteiger partial charge in [0.05, 0.1) is 17.4 Å². The summed E-state index contributed by atoms with van der Waals surface area (Å²) in [5, 5.41) is 16.9. The number of hydrogen-bond acceptors (Lipinski definition) is 5. The summed E-state index contributed by atoms with van der Waals surface area (Å²) in [6.07, 6.45) is 5.23. The summed E-state index contributed by atoms with van der Waals surface area (Å²) >= 11 is 0. The number of carbonyl (C=O) groups excluding carboxylic acids is 1. The average molecular weight is 316 g/mol. The van der Waals surface area contributed by atoms with Gasteiger partial charge in [-0.15, -0.1) is 0 Å². The number of rotatable bonds is 5. The molecule has 124 valence electrons. The first-order valence-electron chi connectivity index (χ1n) is 8.54. The molecule has 6 heteroatoms. The molecule has 5 atom stereocenters. The molecule has 0 spiro atoms. The molecule has 23 heavy (non-hydrogen) atoms. The van der Waals surface area contributed by atoms with E-state index in [4.69, 9.17) is 5.73 Å². The van der Waals surface area contributed by atoms with Crippen LogP contribution in [0.15, 0.2) is 12.3 Å². The molecule has 1 aromatic rings. The fourth-order valence-electron chi connectivity index (χ4n) is 3.66. The highest BCUT2D eigenvalue weighted by Gasteiger charge is 2.64. The molecule has 3 fully saturated rings. The maximum absolute atomic E-state index is 11.7. The van der Waals surface area contributed by atoms with Crippen LogP contribution in [0.5, 0.6) is 0 Å². The van der Waals surface area contributed by atoms with E-state index in [0.29, 0.717) is 23.9 Å². The summed E-state index contributed by atoms with van der Waals surface area (Å²) in [7, 11) is 0. The van der Waals surface area contributed by atoms with Crippen molar-refractivity contribution in [2.45, 2.75) is 50.8 Å². The zero-order valence-corrected chi connectivity index (χ0v) is 13.3. The fraction of sp³-hybridized carbons (Fsp3) is 0.647. The highest BCUT2D eigenvalue weighted by molar-refractivity contribution is 5.98. The molecule has 0 saturated heterocycles. The maximum atomic E-state index is 11.7. The number of fused-ring (bicyclic) bond motifs is 1. The van der Waals surface area contributed by atoms with E-state index in [0.717, 1.165) is 36.2 Å². The van der Waals surface area contributed by atoms with Crippen molar-refractivity contribution in [2.24, 2.45) is 23.5 Å². The Bertz CT molecular complexity index is 627. The minimum atomic E-state index is -0.481. The number of aliphatic hydroxyl groups excluding tert-OH is 1. The van der Waals surface area contributed by atoms with E-state index in [1.54, 1.807) is 6.20 Å². The van der Waals surface area contributed by atoms with Gasteiger partial charge in [-0.3, -0.25) is 4.79 Å². The molecular weight excluding hydrogens is 292 g/mol. The second-order valence-electron chi connectivity index (χ2n) is 7.41. The second-order valence-corrected chi connectivity index (χ2v) is 7.41. The lowest BCUT2D eigenvalue weighted by Crippen LogP contribution is -2.35. The predicted octanol–water partition coefficient (Wildman–Crippen LogP) is 1.57. The minimum absolute atomic E-state index is 0.156. The third-order valence-electron chi connectivity index (χ3n) is 5.67. The normalized spacial score (nSPS) is 37.7. The quantitative estimate of drug-likeness (QED) is 0.661. The highest BCUT2D eigenvalue weighted by Crippen LogP contribution is 2.63. The average Bonchev–Trinajstić information content (AvgIpc) is 3.40. The SMILES string of the molecule is C[C@@H]1CC[C@@H](Nc2cc(NC3[C@@H]4C[C@@H]34)ncc2C(N)=O)C[C@H]1O. The third kappa shape index (κ3) is 2.87. The van der Waals surface area contributed by atoms with Crippen LogP contribution in [0.1, 0.15) is 43.0 Å². The summed E-state index contributed by atoms with van der Waals surface area (Å²) in [5.41, 5.74) is 6.60. The first-order valence-corrected chi connectivity index (χ1v) is 8.54. The van der Waals surface area contributed by atoms with Crippen LogP contribution in [0.2, 0.25) is 0 Å². The van der Waals surface area contributed by atoms with E-state index in [1.807, 2.05) is 6.07 Å². The van der Waals surface area contributed by atoms with E-state index >= 15 is 0 Å². The predicted molar refractivity (Wildman–Crippen MR) is 88.2 cm³/mol. The molecule has 0 aliphatic heterocycles. The fourth-order valence-corrected chi connectivity index (χ4v) is 3.66. The Morgan fingerprint density at radius 1 is 1.30 bits per heavy atom. The number of amides is 1. The number of carbonyl (C=O) groups is 1. The van der Waals surface area contributed by atoms with Crippen LogP contribution in [0, 0.1) is 17.8 Å². The van der Waals surface area contributed by atoms with Crippen LogP contribution in [-0.2, 0) is 0 Å². The van der Waals surface area contributed by atoms with Gasteiger partial charge in [-0.05, 0) is 43.4 Å². The molecule has 3 aliphatic rings. The molecule has 0 aromatic carbocycles. The summed E-state index contributed by atoms with van der Waals surface area (Å²) < 4.78 is 0. The van der Waals surface area contributed by atoms with Gasteiger partial charge in [0.25, 0.3) is 5.91 Å². The number of anilines is 2. The lowest BCUT2D eigenvalue weighted by atomic mass is 9.84. The molecule has 0 radical (unpaired) electrons. The van der Waals surface area contributed by atoms with Crippen LogP contribution in [0.4, 0.5) is 11.5 Å². The minimum Gasteiger partial charge on any atom is -0.393 e. The number of nitrogens with two attached hydrogens (primary N) is 1. The van der Waals surface area contributed by atoms with E-state index in [2.05, 4.69) is 22.5 Å². The largest absolute Gasteiger partial charge is 0.393 e. The van der Waals surface area contributed by atoms with Crippen molar-refractivity contribution >= 4 is 17.4 Å². The van der Waals surface area contributed by atoms with Crippen LogP contribution in [0.3, 0.4) is 0 Å². The summed E-state index contributed by atoms with van der Waals surface area (Å²) in [6.45, 7) is 2.07. The van der Waals surface area contributed by atoms with Gasteiger partial charge < -0.3 is 21.5 Å².